The summed E-state index contributed by atoms with van der Waals surface area (Å²) in [5.41, 5.74) is -0.236. The highest BCUT2D eigenvalue weighted by Crippen LogP contribution is 2.15. The van der Waals surface area contributed by atoms with Gasteiger partial charge in [-0.1, -0.05) is 6.92 Å². The molecule has 0 unspecified atom stereocenters. The summed E-state index contributed by atoms with van der Waals surface area (Å²) in [6.45, 7) is 5.66. The van der Waals surface area contributed by atoms with Gasteiger partial charge in [0.2, 0.25) is 0 Å². The van der Waals surface area contributed by atoms with Crippen LogP contribution in [0.5, 0.6) is 0 Å². The second-order valence-corrected chi connectivity index (χ2v) is 2.12. The molecule has 39 valence electrons. The highest BCUT2D eigenvalue weighted by atomic mass is 14.3. The van der Waals surface area contributed by atoms with Gasteiger partial charge >= 0.3 is 0 Å². The van der Waals surface area contributed by atoms with Crippen LogP contribution >= 0.6 is 0 Å². The van der Waals surface area contributed by atoms with E-state index in [1.165, 1.54) is 0 Å². The summed E-state index contributed by atoms with van der Waals surface area (Å²) in [4.78, 5) is 0. The van der Waals surface area contributed by atoms with Crippen LogP contribution in [-0.2, 0) is 0 Å². The summed E-state index contributed by atoms with van der Waals surface area (Å²) in [6.07, 6.45) is 1.88. The SMILES string of the molecule is C[CH]C(C)(C)C#N. The fourth-order valence-electron chi connectivity index (χ4n) is 0.0645. The van der Waals surface area contributed by atoms with Gasteiger partial charge in [0.1, 0.15) is 0 Å². The van der Waals surface area contributed by atoms with Gasteiger partial charge in [-0.05, 0) is 20.3 Å². The highest BCUT2D eigenvalue weighted by Gasteiger charge is 2.11. The van der Waals surface area contributed by atoms with E-state index in [9.17, 15) is 0 Å². The van der Waals surface area contributed by atoms with Crippen LogP contribution in [0.25, 0.3) is 0 Å². The van der Waals surface area contributed by atoms with Gasteiger partial charge in [0.25, 0.3) is 0 Å². The van der Waals surface area contributed by atoms with Crippen molar-refractivity contribution in [2.45, 2.75) is 20.8 Å². The zero-order chi connectivity index (χ0) is 5.91. The maximum atomic E-state index is 8.31. The average molecular weight is 96.2 g/mol. The van der Waals surface area contributed by atoms with Crippen molar-refractivity contribution in [2.75, 3.05) is 0 Å². The zero-order valence-electron chi connectivity index (χ0n) is 5.02. The smallest absolute Gasteiger partial charge is 0.0686 e. The third-order valence-electron chi connectivity index (χ3n) is 1.01. The van der Waals surface area contributed by atoms with Crippen molar-refractivity contribution in [2.24, 2.45) is 5.41 Å². The van der Waals surface area contributed by atoms with Crippen LogP contribution in [-0.4, -0.2) is 0 Å². The minimum absolute atomic E-state index is 0.236. The van der Waals surface area contributed by atoms with E-state index in [4.69, 9.17) is 5.26 Å². The Morgan fingerprint density at radius 1 is 1.57 bits per heavy atom. The predicted octanol–water partition coefficient (Wildman–Crippen LogP) is 1.76. The first-order valence-corrected chi connectivity index (χ1v) is 2.34. The third kappa shape index (κ3) is 2.22. The first kappa shape index (κ1) is 6.49. The highest BCUT2D eigenvalue weighted by molar-refractivity contribution is 4.99. The van der Waals surface area contributed by atoms with Gasteiger partial charge in [-0.15, -0.1) is 0 Å². The van der Waals surface area contributed by atoms with Gasteiger partial charge in [-0.2, -0.15) is 5.26 Å². The fourth-order valence-corrected chi connectivity index (χ4v) is 0.0645. The summed E-state index contributed by atoms with van der Waals surface area (Å²) in [7, 11) is 0. The van der Waals surface area contributed by atoms with Crippen LogP contribution in [0.2, 0.25) is 0 Å². The standard InChI is InChI=1S/C6H10N/c1-4-6(2,3)5-7/h4H,1-3H3. The second-order valence-electron chi connectivity index (χ2n) is 2.12. The number of nitriles is 1. The third-order valence-corrected chi connectivity index (χ3v) is 1.01. The van der Waals surface area contributed by atoms with E-state index in [0.717, 1.165) is 0 Å². The van der Waals surface area contributed by atoms with E-state index < -0.39 is 0 Å². The lowest BCUT2D eigenvalue weighted by Gasteiger charge is -2.08. The molecule has 0 heterocycles. The molecule has 0 aromatic carbocycles. The van der Waals surface area contributed by atoms with Crippen molar-refractivity contribution in [3.8, 4) is 6.07 Å². The Balaban J connectivity index is 3.66. The molecule has 1 nitrogen and oxygen atoms in total. The normalized spacial score (nSPS) is 10.6. The van der Waals surface area contributed by atoms with E-state index in [1.54, 1.807) is 0 Å². The molecule has 0 spiro atoms. The molecule has 0 aliphatic rings. The van der Waals surface area contributed by atoms with E-state index in [0.29, 0.717) is 0 Å². The van der Waals surface area contributed by atoms with Gasteiger partial charge in [0.15, 0.2) is 0 Å². The molecule has 0 aromatic rings. The summed E-state index contributed by atoms with van der Waals surface area (Å²) >= 11 is 0. The Kier molecular flexibility index (Phi) is 1.83. The molecule has 0 aliphatic carbocycles. The molecular weight excluding hydrogens is 86.1 g/mol. The molecule has 0 fully saturated rings. The quantitative estimate of drug-likeness (QED) is 0.488. The minimum atomic E-state index is -0.236. The Bertz CT molecular complexity index is 86.8. The van der Waals surface area contributed by atoms with Gasteiger partial charge in [0.05, 0.1) is 11.5 Å². The Hall–Kier alpha value is -0.510. The lowest BCUT2D eigenvalue weighted by molar-refractivity contribution is 0.589. The number of rotatable bonds is 1. The van der Waals surface area contributed by atoms with Crippen LogP contribution in [0, 0.1) is 23.2 Å². The van der Waals surface area contributed by atoms with Crippen molar-refractivity contribution in [3.05, 3.63) is 6.42 Å². The van der Waals surface area contributed by atoms with E-state index >= 15 is 0 Å². The van der Waals surface area contributed by atoms with E-state index in [1.807, 2.05) is 27.2 Å². The maximum absolute atomic E-state index is 8.31. The molecule has 0 saturated heterocycles. The first-order chi connectivity index (χ1) is 3.12. The van der Waals surface area contributed by atoms with Gasteiger partial charge in [0, 0.05) is 0 Å². The molecule has 0 aliphatic heterocycles. The predicted molar refractivity (Wildman–Crippen MR) is 29.4 cm³/mol. The van der Waals surface area contributed by atoms with Crippen molar-refractivity contribution in [1.29, 1.82) is 5.26 Å². The van der Waals surface area contributed by atoms with Crippen LogP contribution < -0.4 is 0 Å². The number of hydrogen-bond acceptors (Lipinski definition) is 1. The molecule has 7 heavy (non-hydrogen) atoms. The molecule has 0 aromatic heterocycles. The van der Waals surface area contributed by atoms with Crippen molar-refractivity contribution in [3.63, 3.8) is 0 Å². The number of nitrogens with zero attached hydrogens (tertiary/aromatic N) is 1. The molecule has 0 atom stereocenters. The molecule has 0 bridgehead atoms. The lowest BCUT2D eigenvalue weighted by Crippen LogP contribution is -2.04. The van der Waals surface area contributed by atoms with E-state index in [2.05, 4.69) is 6.07 Å². The molecule has 1 radical (unpaired) electrons. The first-order valence-electron chi connectivity index (χ1n) is 2.34. The largest absolute Gasteiger partial charge is 0.198 e. The van der Waals surface area contributed by atoms with Crippen molar-refractivity contribution < 1.29 is 0 Å². The van der Waals surface area contributed by atoms with Gasteiger partial charge in [-0.25, -0.2) is 0 Å². The Morgan fingerprint density at radius 2 is 2.00 bits per heavy atom. The lowest BCUT2D eigenvalue weighted by atomic mass is 9.93. The van der Waals surface area contributed by atoms with Crippen LogP contribution in [0.3, 0.4) is 0 Å². The maximum Gasteiger partial charge on any atom is 0.0686 e. The van der Waals surface area contributed by atoms with Crippen LogP contribution in [0.1, 0.15) is 20.8 Å². The van der Waals surface area contributed by atoms with E-state index in [-0.39, 0.29) is 5.41 Å². The molecular formula is C6H10N. The zero-order valence-corrected chi connectivity index (χ0v) is 5.02. The molecule has 0 saturated carbocycles. The van der Waals surface area contributed by atoms with Gasteiger partial charge < -0.3 is 0 Å². The summed E-state index contributed by atoms with van der Waals surface area (Å²) in [5.74, 6) is 0. The minimum Gasteiger partial charge on any atom is -0.198 e. The molecule has 1 heteroatoms. The average Bonchev–Trinajstić information content (AvgIpc) is 1.68. The fraction of sp³-hybridized carbons (Fsp3) is 0.667. The Morgan fingerprint density at radius 3 is 2.00 bits per heavy atom. The van der Waals surface area contributed by atoms with Crippen LogP contribution in [0.15, 0.2) is 0 Å². The summed E-state index contributed by atoms with van der Waals surface area (Å²) in [6, 6.07) is 2.14. The topological polar surface area (TPSA) is 23.8 Å². The molecule has 0 rings (SSSR count). The van der Waals surface area contributed by atoms with Crippen molar-refractivity contribution in [1.82, 2.24) is 0 Å². The van der Waals surface area contributed by atoms with Crippen LogP contribution in [0.4, 0.5) is 0 Å². The van der Waals surface area contributed by atoms with Gasteiger partial charge in [-0.3, -0.25) is 0 Å². The second kappa shape index (κ2) is 1.97. The number of hydrogen-bond donors (Lipinski definition) is 0. The molecule has 0 amide bonds. The molecule has 0 N–H and O–H groups in total. The van der Waals surface area contributed by atoms with Crippen molar-refractivity contribution >= 4 is 0 Å². The summed E-state index contributed by atoms with van der Waals surface area (Å²) in [5, 5.41) is 8.31. The Labute approximate surface area is 45.0 Å². The monoisotopic (exact) mass is 96.1 g/mol. The summed E-state index contributed by atoms with van der Waals surface area (Å²) < 4.78 is 0.